The lowest BCUT2D eigenvalue weighted by Crippen LogP contribution is -2.25. The molecule has 4 nitrogen and oxygen atoms in total. The number of halogens is 2. The van der Waals surface area contributed by atoms with Crippen LogP contribution in [0.5, 0.6) is 0 Å². The molecule has 1 unspecified atom stereocenters. The molecule has 7 heteroatoms. The van der Waals surface area contributed by atoms with Gasteiger partial charge in [0.1, 0.15) is 10.8 Å². The molecule has 0 fully saturated rings. The molecule has 0 amide bonds. The fraction of sp³-hybridized carbons (Fsp3) is 0.800. The van der Waals surface area contributed by atoms with Gasteiger partial charge in [0.15, 0.2) is 0 Å². The lowest BCUT2D eigenvalue weighted by atomic mass is 9.97. The van der Waals surface area contributed by atoms with Crippen molar-refractivity contribution in [3.8, 4) is 0 Å². The number of rotatable bonds is 7. The lowest BCUT2D eigenvalue weighted by Gasteiger charge is -2.27. The van der Waals surface area contributed by atoms with Crippen molar-refractivity contribution in [3.05, 3.63) is 10.8 Å². The highest BCUT2D eigenvalue weighted by atomic mass is 35.5. The van der Waals surface area contributed by atoms with E-state index in [4.69, 9.17) is 36.8 Å². The maximum absolute atomic E-state index is 12.1. The molecule has 102 valence electrons. The van der Waals surface area contributed by atoms with Crippen LogP contribution in [0.15, 0.2) is 10.8 Å². The van der Waals surface area contributed by atoms with Crippen molar-refractivity contribution in [1.82, 2.24) is 0 Å². The molecule has 0 saturated carbocycles. The second-order valence-electron chi connectivity index (χ2n) is 4.20. The van der Waals surface area contributed by atoms with Gasteiger partial charge in [0.25, 0.3) is 0 Å². The van der Waals surface area contributed by atoms with Gasteiger partial charge in [0.2, 0.25) is 0 Å². The Morgan fingerprint density at radius 1 is 1.18 bits per heavy atom. The summed E-state index contributed by atoms with van der Waals surface area (Å²) in [5.41, 5.74) is 0. The van der Waals surface area contributed by atoms with Crippen molar-refractivity contribution < 1.29 is 18.1 Å². The number of hydrogen-bond donors (Lipinski definition) is 0. The van der Waals surface area contributed by atoms with Gasteiger partial charge in [-0.15, -0.1) is 0 Å². The zero-order valence-electron chi connectivity index (χ0n) is 10.6. The van der Waals surface area contributed by atoms with E-state index in [1.54, 1.807) is 0 Å². The predicted octanol–water partition coefficient (Wildman–Crippen LogP) is 4.73. The van der Waals surface area contributed by atoms with Crippen LogP contribution < -0.4 is 0 Å². The Bertz CT molecular complexity index is 293. The number of hydrogen-bond acceptors (Lipinski definition) is 4. The van der Waals surface area contributed by atoms with E-state index in [1.807, 2.05) is 27.7 Å². The molecule has 0 spiro atoms. The molecule has 0 radical (unpaired) electrons. The fourth-order valence-electron chi connectivity index (χ4n) is 1.38. The van der Waals surface area contributed by atoms with E-state index in [9.17, 15) is 4.57 Å². The molecular formula is C10H19Cl2O4P. The van der Waals surface area contributed by atoms with Gasteiger partial charge < -0.3 is 4.52 Å². The lowest BCUT2D eigenvalue weighted by molar-refractivity contribution is 0.0558. The monoisotopic (exact) mass is 304 g/mol. The molecule has 0 aromatic heterocycles. The van der Waals surface area contributed by atoms with Crippen molar-refractivity contribution in [2.45, 2.75) is 33.8 Å². The number of phosphoric acid groups is 1. The van der Waals surface area contributed by atoms with Gasteiger partial charge in [-0.1, -0.05) is 50.9 Å². The van der Waals surface area contributed by atoms with Gasteiger partial charge in [0.05, 0.1) is 6.10 Å². The Hall–Kier alpha value is 0.270. The summed E-state index contributed by atoms with van der Waals surface area (Å²) < 4.78 is 27.0. The van der Waals surface area contributed by atoms with E-state index >= 15 is 0 Å². The van der Waals surface area contributed by atoms with Crippen LogP contribution in [0.4, 0.5) is 0 Å². The zero-order chi connectivity index (χ0) is 13.6. The van der Waals surface area contributed by atoms with Crippen LogP contribution in [-0.4, -0.2) is 13.2 Å². The standard InChI is InChI=1S/C10H19Cl2O4P/c1-7(2)10(8(3)4)16-17(13,14-5)15-6-9(11)12/h6-8,10H,1-5H3. The van der Waals surface area contributed by atoms with E-state index in [0.29, 0.717) is 0 Å². The minimum Gasteiger partial charge on any atom is -0.409 e. The molecule has 0 bridgehead atoms. The van der Waals surface area contributed by atoms with Crippen LogP contribution >= 0.6 is 31.0 Å². The van der Waals surface area contributed by atoms with Gasteiger partial charge in [0, 0.05) is 7.11 Å². The van der Waals surface area contributed by atoms with Crippen LogP contribution in [-0.2, 0) is 18.1 Å². The van der Waals surface area contributed by atoms with Crippen molar-refractivity contribution in [2.24, 2.45) is 11.8 Å². The molecule has 0 aromatic rings. The summed E-state index contributed by atoms with van der Waals surface area (Å²) >= 11 is 10.7. The van der Waals surface area contributed by atoms with Gasteiger partial charge in [-0.3, -0.25) is 9.05 Å². The first kappa shape index (κ1) is 17.3. The summed E-state index contributed by atoms with van der Waals surface area (Å²) in [5.74, 6) is 0.357. The third-order valence-corrected chi connectivity index (χ3v) is 3.55. The highest BCUT2D eigenvalue weighted by molar-refractivity contribution is 7.48. The second-order valence-corrected chi connectivity index (χ2v) is 6.89. The maximum Gasteiger partial charge on any atom is 0.529 e. The van der Waals surface area contributed by atoms with Crippen molar-refractivity contribution in [2.75, 3.05) is 7.11 Å². The third-order valence-electron chi connectivity index (χ3n) is 2.06. The highest BCUT2D eigenvalue weighted by Gasteiger charge is 2.33. The third kappa shape index (κ3) is 6.68. The molecule has 0 saturated heterocycles. The Morgan fingerprint density at radius 3 is 1.94 bits per heavy atom. The topological polar surface area (TPSA) is 44.8 Å². The van der Waals surface area contributed by atoms with E-state index in [1.165, 1.54) is 7.11 Å². The zero-order valence-corrected chi connectivity index (χ0v) is 13.1. The average Bonchev–Trinajstić information content (AvgIpc) is 2.22. The summed E-state index contributed by atoms with van der Waals surface area (Å²) in [4.78, 5) is 0. The Labute approximate surface area is 113 Å². The molecule has 0 aromatic carbocycles. The van der Waals surface area contributed by atoms with Gasteiger partial charge >= 0.3 is 7.82 Å². The van der Waals surface area contributed by atoms with Crippen LogP contribution in [0, 0.1) is 11.8 Å². The van der Waals surface area contributed by atoms with E-state index in [-0.39, 0.29) is 22.4 Å². The SMILES string of the molecule is COP(=O)(OC=C(Cl)Cl)OC(C(C)C)C(C)C. The van der Waals surface area contributed by atoms with E-state index in [2.05, 4.69) is 0 Å². The smallest absolute Gasteiger partial charge is 0.409 e. The van der Waals surface area contributed by atoms with Gasteiger partial charge in [-0.05, 0) is 11.8 Å². The summed E-state index contributed by atoms with van der Waals surface area (Å²) in [7, 11) is -2.42. The largest absolute Gasteiger partial charge is 0.529 e. The quantitative estimate of drug-likeness (QED) is 0.504. The Kier molecular flexibility index (Phi) is 7.77. The fourth-order valence-corrected chi connectivity index (χ4v) is 2.83. The van der Waals surface area contributed by atoms with Crippen LogP contribution in [0.1, 0.15) is 27.7 Å². The van der Waals surface area contributed by atoms with Crippen molar-refractivity contribution in [1.29, 1.82) is 0 Å². The Morgan fingerprint density at radius 2 is 1.65 bits per heavy atom. The van der Waals surface area contributed by atoms with Gasteiger partial charge in [-0.2, -0.15) is 0 Å². The molecule has 0 aliphatic carbocycles. The highest BCUT2D eigenvalue weighted by Crippen LogP contribution is 2.52. The van der Waals surface area contributed by atoms with Crippen LogP contribution in [0.2, 0.25) is 0 Å². The maximum atomic E-state index is 12.1. The molecule has 0 aliphatic heterocycles. The summed E-state index contributed by atoms with van der Waals surface area (Å²) in [5, 5.41) is 0. The first-order valence-electron chi connectivity index (χ1n) is 5.25. The predicted molar refractivity (Wildman–Crippen MR) is 70.0 cm³/mol. The van der Waals surface area contributed by atoms with Crippen LogP contribution in [0.3, 0.4) is 0 Å². The summed E-state index contributed by atoms with van der Waals surface area (Å²) in [6, 6.07) is 0. The molecule has 0 rings (SSSR count). The minimum absolute atomic E-state index is 0.156. The molecular weight excluding hydrogens is 286 g/mol. The first-order chi connectivity index (χ1) is 7.72. The van der Waals surface area contributed by atoms with Crippen LogP contribution in [0.25, 0.3) is 0 Å². The second kappa shape index (κ2) is 7.65. The van der Waals surface area contributed by atoms with Crippen molar-refractivity contribution >= 4 is 31.0 Å². The Balaban J connectivity index is 4.76. The average molecular weight is 305 g/mol. The molecule has 17 heavy (non-hydrogen) atoms. The van der Waals surface area contributed by atoms with E-state index in [0.717, 1.165) is 6.26 Å². The summed E-state index contributed by atoms with van der Waals surface area (Å²) in [6.07, 6.45) is 0.689. The molecule has 1 atom stereocenters. The van der Waals surface area contributed by atoms with Crippen molar-refractivity contribution in [3.63, 3.8) is 0 Å². The normalized spacial score (nSPS) is 15.2. The molecule has 0 aliphatic rings. The number of phosphoric ester groups is 1. The first-order valence-corrected chi connectivity index (χ1v) is 7.47. The summed E-state index contributed by atoms with van der Waals surface area (Å²) in [6.45, 7) is 7.87. The molecule has 0 heterocycles. The molecule has 0 N–H and O–H groups in total. The van der Waals surface area contributed by atoms with E-state index < -0.39 is 7.82 Å². The minimum atomic E-state index is -3.66. The van der Waals surface area contributed by atoms with Gasteiger partial charge in [-0.25, -0.2) is 4.57 Å².